The second-order valence-corrected chi connectivity index (χ2v) is 9.62. The highest BCUT2D eigenvalue weighted by molar-refractivity contribution is 6.30. The van der Waals surface area contributed by atoms with Gasteiger partial charge in [-0.2, -0.15) is 0 Å². The number of hydrogen-bond donors (Lipinski definition) is 0. The van der Waals surface area contributed by atoms with Crippen molar-refractivity contribution < 1.29 is 18.7 Å². The largest absolute Gasteiger partial charge is 0.450 e. The molecule has 2 aliphatic heterocycles. The van der Waals surface area contributed by atoms with Crippen LogP contribution < -0.4 is 10.3 Å². The van der Waals surface area contributed by atoms with Crippen LogP contribution in [0.4, 0.5) is 5.69 Å². The highest BCUT2D eigenvalue weighted by Crippen LogP contribution is 2.52. The summed E-state index contributed by atoms with van der Waals surface area (Å²) in [6.45, 7) is 0.856. The predicted octanol–water partition coefficient (Wildman–Crippen LogP) is 4.73. The molecule has 1 atom stereocenters. The number of para-hydroxylation sites is 2. The summed E-state index contributed by atoms with van der Waals surface area (Å²) in [5.74, 6) is -0.932. The van der Waals surface area contributed by atoms with Crippen LogP contribution in [0.5, 0.6) is 0 Å². The van der Waals surface area contributed by atoms with Gasteiger partial charge in [-0.25, -0.2) is 0 Å². The van der Waals surface area contributed by atoms with E-state index in [4.69, 9.17) is 20.8 Å². The molecule has 4 aromatic rings. The number of fused-ring (bicyclic) bond motifs is 5. The molecule has 6 rings (SSSR count). The van der Waals surface area contributed by atoms with Crippen LogP contribution in [0.15, 0.2) is 82.0 Å². The first-order chi connectivity index (χ1) is 18.0. The average Bonchev–Trinajstić information content (AvgIpc) is 3.30. The number of anilines is 1. The summed E-state index contributed by atoms with van der Waals surface area (Å²) < 4.78 is 11.3. The van der Waals surface area contributed by atoms with Crippen molar-refractivity contribution in [1.29, 1.82) is 0 Å². The Morgan fingerprint density at radius 1 is 0.946 bits per heavy atom. The van der Waals surface area contributed by atoms with E-state index in [9.17, 15) is 14.4 Å². The van der Waals surface area contributed by atoms with Gasteiger partial charge in [-0.05, 0) is 42.3 Å². The van der Waals surface area contributed by atoms with Gasteiger partial charge >= 0.3 is 0 Å². The SMILES string of the molecule is COCCCN1C(=O)c2oc3ccccc3c(=O)c2C12C(=O)N(Cc1ccc(Cl)cc1)c1ccccc12. The van der Waals surface area contributed by atoms with Crippen molar-refractivity contribution >= 4 is 40.1 Å². The van der Waals surface area contributed by atoms with Gasteiger partial charge in [-0.1, -0.05) is 54.1 Å². The van der Waals surface area contributed by atoms with E-state index in [0.717, 1.165) is 5.56 Å². The first-order valence-corrected chi connectivity index (χ1v) is 12.4. The number of ether oxygens (including phenoxy) is 1. The van der Waals surface area contributed by atoms with Gasteiger partial charge in [0.1, 0.15) is 5.58 Å². The third kappa shape index (κ3) is 3.35. The van der Waals surface area contributed by atoms with Crippen molar-refractivity contribution in [2.24, 2.45) is 0 Å². The molecule has 186 valence electrons. The fraction of sp³-hybridized carbons (Fsp3) is 0.207. The molecule has 0 aliphatic carbocycles. The Kier molecular flexibility index (Phi) is 5.62. The molecule has 0 radical (unpaired) electrons. The van der Waals surface area contributed by atoms with Gasteiger partial charge in [0.2, 0.25) is 5.76 Å². The Balaban J connectivity index is 1.61. The molecule has 1 spiro atoms. The Labute approximate surface area is 217 Å². The molecule has 7 nitrogen and oxygen atoms in total. The molecule has 0 N–H and O–H groups in total. The van der Waals surface area contributed by atoms with Crippen LogP contribution in [0.3, 0.4) is 0 Å². The number of halogens is 1. The van der Waals surface area contributed by atoms with Crippen LogP contribution in [0.2, 0.25) is 5.02 Å². The number of hydrogen-bond acceptors (Lipinski definition) is 5. The zero-order chi connectivity index (χ0) is 25.7. The number of carbonyl (C=O) groups is 2. The third-order valence-electron chi connectivity index (χ3n) is 7.13. The first-order valence-electron chi connectivity index (χ1n) is 12.0. The van der Waals surface area contributed by atoms with Gasteiger partial charge in [-0.3, -0.25) is 14.4 Å². The maximum atomic E-state index is 14.6. The summed E-state index contributed by atoms with van der Waals surface area (Å²) in [5, 5.41) is 0.922. The number of nitrogens with zero attached hydrogens (tertiary/aromatic N) is 2. The van der Waals surface area contributed by atoms with Crippen LogP contribution in [0, 0.1) is 0 Å². The zero-order valence-corrected chi connectivity index (χ0v) is 20.8. The van der Waals surface area contributed by atoms with Crippen LogP contribution >= 0.6 is 11.6 Å². The number of methoxy groups -OCH3 is 1. The highest BCUT2D eigenvalue weighted by Gasteiger charge is 2.64. The first kappa shape index (κ1) is 23.5. The number of amides is 2. The van der Waals surface area contributed by atoms with Crippen molar-refractivity contribution in [3.63, 3.8) is 0 Å². The maximum Gasteiger partial charge on any atom is 0.291 e. The maximum absolute atomic E-state index is 14.6. The minimum atomic E-state index is -1.63. The van der Waals surface area contributed by atoms with Crippen LogP contribution in [0.1, 0.15) is 33.7 Å². The molecular weight excluding hydrogens is 492 g/mol. The molecule has 0 saturated heterocycles. The smallest absolute Gasteiger partial charge is 0.291 e. The Hall–Kier alpha value is -3.94. The van der Waals surface area contributed by atoms with Crippen molar-refractivity contribution in [2.45, 2.75) is 18.5 Å². The lowest BCUT2D eigenvalue weighted by Crippen LogP contribution is -2.53. The number of rotatable bonds is 6. The standard InChI is InChI=1S/C29H23ClN2O5/c1-36-16-6-15-32-27(34)26-24(25(33)20-7-2-5-10-23(20)37-26)29(32)21-8-3-4-9-22(21)31(28(29)35)17-18-11-13-19(30)14-12-18/h2-5,7-14H,6,15-17H2,1H3. The monoisotopic (exact) mass is 514 g/mol. The summed E-state index contributed by atoms with van der Waals surface area (Å²) >= 11 is 6.07. The van der Waals surface area contributed by atoms with E-state index >= 15 is 0 Å². The molecule has 3 aromatic carbocycles. The lowest BCUT2D eigenvalue weighted by Gasteiger charge is -2.34. The van der Waals surface area contributed by atoms with Crippen molar-refractivity contribution in [3.05, 3.63) is 110 Å². The average molecular weight is 515 g/mol. The molecule has 8 heteroatoms. The lowest BCUT2D eigenvalue weighted by atomic mass is 9.84. The van der Waals surface area contributed by atoms with Gasteiger partial charge < -0.3 is 19.0 Å². The van der Waals surface area contributed by atoms with Gasteiger partial charge in [0.15, 0.2) is 11.0 Å². The molecule has 1 unspecified atom stereocenters. The predicted molar refractivity (Wildman–Crippen MR) is 140 cm³/mol. The van der Waals surface area contributed by atoms with E-state index in [1.807, 2.05) is 36.4 Å². The minimum Gasteiger partial charge on any atom is -0.450 e. The summed E-state index contributed by atoms with van der Waals surface area (Å²) in [5.41, 5.74) is 0.471. The number of carbonyl (C=O) groups excluding carboxylic acids is 2. The summed E-state index contributed by atoms with van der Waals surface area (Å²) in [4.78, 5) is 45.6. The summed E-state index contributed by atoms with van der Waals surface area (Å²) in [6, 6.07) is 21.4. The van der Waals surface area contributed by atoms with Gasteiger partial charge in [0, 0.05) is 30.8 Å². The molecule has 3 heterocycles. The normalized spacial score (nSPS) is 18.2. The molecule has 2 amide bonds. The molecule has 37 heavy (non-hydrogen) atoms. The topological polar surface area (TPSA) is 80.1 Å². The second-order valence-electron chi connectivity index (χ2n) is 9.18. The molecule has 0 saturated carbocycles. The zero-order valence-electron chi connectivity index (χ0n) is 20.1. The van der Waals surface area contributed by atoms with E-state index in [-0.39, 0.29) is 35.7 Å². The summed E-state index contributed by atoms with van der Waals surface area (Å²) in [7, 11) is 1.58. The Morgan fingerprint density at radius 3 is 2.46 bits per heavy atom. The van der Waals surface area contributed by atoms with E-state index in [1.54, 1.807) is 48.4 Å². The highest BCUT2D eigenvalue weighted by atomic mass is 35.5. The van der Waals surface area contributed by atoms with E-state index in [2.05, 4.69) is 0 Å². The Bertz CT molecular complexity index is 1610. The van der Waals surface area contributed by atoms with Crippen LogP contribution in [-0.2, 0) is 21.6 Å². The Morgan fingerprint density at radius 2 is 1.68 bits per heavy atom. The molecule has 0 bridgehead atoms. The van der Waals surface area contributed by atoms with Crippen LogP contribution in [0.25, 0.3) is 11.0 Å². The van der Waals surface area contributed by atoms with E-state index < -0.39 is 11.4 Å². The van der Waals surface area contributed by atoms with Crippen LogP contribution in [-0.4, -0.2) is 37.0 Å². The lowest BCUT2D eigenvalue weighted by molar-refractivity contribution is -0.126. The van der Waals surface area contributed by atoms with Gasteiger partial charge in [-0.15, -0.1) is 0 Å². The van der Waals surface area contributed by atoms with E-state index in [0.29, 0.717) is 40.3 Å². The number of benzene rings is 3. The van der Waals surface area contributed by atoms with Gasteiger partial charge in [0.25, 0.3) is 11.8 Å². The fourth-order valence-electron chi connectivity index (χ4n) is 5.53. The third-order valence-corrected chi connectivity index (χ3v) is 7.38. The second kappa shape index (κ2) is 8.87. The fourth-order valence-corrected chi connectivity index (χ4v) is 5.66. The molecule has 1 aromatic heterocycles. The summed E-state index contributed by atoms with van der Waals surface area (Å²) in [6.07, 6.45) is 0.484. The molecule has 0 fully saturated rings. The van der Waals surface area contributed by atoms with Gasteiger partial charge in [0.05, 0.1) is 23.2 Å². The molecular formula is C29H23ClN2O5. The minimum absolute atomic E-state index is 0.0738. The molecule has 2 aliphatic rings. The van der Waals surface area contributed by atoms with E-state index in [1.165, 1.54) is 4.90 Å². The van der Waals surface area contributed by atoms with Crippen molar-refractivity contribution in [1.82, 2.24) is 4.90 Å². The quantitative estimate of drug-likeness (QED) is 0.348. The van der Waals surface area contributed by atoms with Crippen molar-refractivity contribution in [2.75, 3.05) is 25.2 Å². The van der Waals surface area contributed by atoms with Crippen molar-refractivity contribution in [3.8, 4) is 0 Å².